The summed E-state index contributed by atoms with van der Waals surface area (Å²) in [6.45, 7) is 2.61. The summed E-state index contributed by atoms with van der Waals surface area (Å²) in [7, 11) is 0. The topological polar surface area (TPSA) is 136 Å². The summed E-state index contributed by atoms with van der Waals surface area (Å²) < 4.78 is 41.8. The first kappa shape index (κ1) is 32.2. The van der Waals surface area contributed by atoms with E-state index in [1.807, 2.05) is 23.8 Å². The molecule has 1 aliphatic rings. The number of nitrogens with zero attached hydrogens (tertiary/aromatic N) is 1. The van der Waals surface area contributed by atoms with Gasteiger partial charge >= 0.3 is 18.1 Å². The number of carbonyl (C=O) groups excluding carboxylic acids is 2. The van der Waals surface area contributed by atoms with Crippen LogP contribution in [-0.4, -0.2) is 40.1 Å². The molecule has 2 heterocycles. The number of rotatable bonds is 13. The zero-order valence-electron chi connectivity index (χ0n) is 24.4. The number of benzene rings is 2. The number of nitrogens with one attached hydrogen (secondary N) is 2. The lowest BCUT2D eigenvalue weighted by atomic mass is 10.0. The molecule has 5 N–H and O–H groups in total. The first-order valence-corrected chi connectivity index (χ1v) is 15.3. The molecular weight excluding hydrogens is 609 g/mol. The number of halogens is 3. The number of fused-ring (bicyclic) bond motifs is 1. The summed E-state index contributed by atoms with van der Waals surface area (Å²) in [5.41, 5.74) is 9.40. The maximum absolute atomic E-state index is 13.7. The number of nitrogens with two attached hydrogens (primary N) is 1. The summed E-state index contributed by atoms with van der Waals surface area (Å²) in [6.07, 6.45) is 0.306. The highest BCUT2D eigenvalue weighted by molar-refractivity contribution is 7.19. The number of aliphatic carboxylic acids is 1. The Labute approximate surface area is 261 Å². The second-order valence-corrected chi connectivity index (χ2v) is 12.4. The predicted molar refractivity (Wildman–Crippen MR) is 163 cm³/mol. The number of amides is 1. The lowest BCUT2D eigenvalue weighted by molar-refractivity contribution is -0.142. The number of hydrogen-bond donors (Lipinski definition) is 4. The third-order valence-corrected chi connectivity index (χ3v) is 9.01. The van der Waals surface area contributed by atoms with Crippen LogP contribution in [0.1, 0.15) is 74.4 Å². The van der Waals surface area contributed by atoms with E-state index in [2.05, 4.69) is 10.8 Å². The van der Waals surface area contributed by atoms with Crippen LogP contribution >= 0.6 is 11.3 Å². The van der Waals surface area contributed by atoms with Gasteiger partial charge in [-0.2, -0.15) is 13.2 Å². The van der Waals surface area contributed by atoms with E-state index in [4.69, 9.17) is 10.6 Å². The Balaban J connectivity index is 1.27. The van der Waals surface area contributed by atoms with Gasteiger partial charge in [-0.25, -0.2) is 4.79 Å². The third kappa shape index (κ3) is 7.21. The van der Waals surface area contributed by atoms with Crippen LogP contribution in [0.2, 0.25) is 0 Å². The van der Waals surface area contributed by atoms with Gasteiger partial charge in [0.05, 0.1) is 32.4 Å². The minimum absolute atomic E-state index is 0.218. The molecule has 0 aliphatic heterocycles. The number of unbranched alkanes of at least 4 members (excludes halogenated alkanes) is 1. The van der Waals surface area contributed by atoms with E-state index in [0.29, 0.717) is 49.9 Å². The molecule has 0 unspecified atom stereocenters. The summed E-state index contributed by atoms with van der Waals surface area (Å²) in [5.74, 6) is -2.12. The molecule has 1 fully saturated rings. The predicted octanol–water partition coefficient (Wildman–Crippen LogP) is 5.74. The van der Waals surface area contributed by atoms with Crippen LogP contribution in [-0.2, 0) is 27.9 Å². The first-order valence-electron chi connectivity index (χ1n) is 14.5. The van der Waals surface area contributed by atoms with E-state index in [1.54, 1.807) is 24.3 Å². The number of alkyl halides is 3. The molecule has 45 heavy (non-hydrogen) atoms. The molecule has 13 heteroatoms. The quantitative estimate of drug-likeness (QED) is 0.108. The highest BCUT2D eigenvalue weighted by Crippen LogP contribution is 2.46. The second kappa shape index (κ2) is 13.0. The number of hydroxylamine groups is 1. The molecule has 2 aromatic heterocycles. The fraction of sp³-hybridized carbons (Fsp3) is 0.344. The van der Waals surface area contributed by atoms with E-state index < -0.39 is 35.3 Å². The van der Waals surface area contributed by atoms with E-state index in [1.165, 1.54) is 23.5 Å². The summed E-state index contributed by atoms with van der Waals surface area (Å²) >= 11 is 1.48. The number of carboxylic acid groups (broad SMARTS) is 1. The van der Waals surface area contributed by atoms with E-state index in [0.717, 1.165) is 32.8 Å². The largest absolute Gasteiger partial charge is 0.480 e. The van der Waals surface area contributed by atoms with Crippen molar-refractivity contribution in [2.45, 2.75) is 63.3 Å². The van der Waals surface area contributed by atoms with Crippen LogP contribution < -0.4 is 16.5 Å². The molecule has 0 spiro atoms. The van der Waals surface area contributed by atoms with Crippen LogP contribution in [0.25, 0.3) is 10.2 Å². The van der Waals surface area contributed by atoms with Crippen molar-refractivity contribution in [3.8, 4) is 0 Å². The Bertz CT molecular complexity index is 1690. The molecule has 0 saturated heterocycles. The van der Waals surface area contributed by atoms with Crippen molar-refractivity contribution in [2.75, 3.05) is 6.54 Å². The lowest BCUT2D eigenvalue weighted by Gasteiger charge is -2.19. The Morgan fingerprint density at radius 1 is 1.07 bits per heavy atom. The average Bonchev–Trinajstić information content (AvgIpc) is 3.57. The van der Waals surface area contributed by atoms with Gasteiger partial charge in [-0.05, 0) is 87.0 Å². The Morgan fingerprint density at radius 3 is 2.36 bits per heavy atom. The van der Waals surface area contributed by atoms with Crippen molar-refractivity contribution < 1.29 is 37.5 Å². The maximum Gasteiger partial charge on any atom is 0.416 e. The minimum atomic E-state index is -4.41. The summed E-state index contributed by atoms with van der Waals surface area (Å²) in [5, 5.41) is 12.5. The van der Waals surface area contributed by atoms with Crippen LogP contribution in [0.4, 0.5) is 13.2 Å². The SMILES string of the molecule is Cc1sc2ccn(Cc3ccc(C(F)(F)F)cc3)c2c1C(=O)NC1(c2ccc(C(=O)ON[C@@H](CCCCN)C(=O)O)cc2)CC1. The molecule has 4 aromatic rings. The van der Waals surface area contributed by atoms with Gasteiger partial charge in [0.15, 0.2) is 0 Å². The van der Waals surface area contributed by atoms with Crippen LogP contribution in [0, 0.1) is 6.92 Å². The number of carbonyl (C=O) groups is 3. The molecule has 1 amide bonds. The van der Waals surface area contributed by atoms with E-state index in [9.17, 15) is 32.7 Å². The first-order chi connectivity index (χ1) is 21.4. The van der Waals surface area contributed by atoms with Gasteiger partial charge < -0.3 is 25.6 Å². The van der Waals surface area contributed by atoms with E-state index >= 15 is 0 Å². The van der Waals surface area contributed by atoms with Gasteiger partial charge in [0, 0.05) is 17.6 Å². The number of aromatic nitrogens is 1. The zero-order valence-corrected chi connectivity index (χ0v) is 25.3. The van der Waals surface area contributed by atoms with Gasteiger partial charge in [0.1, 0.15) is 6.04 Å². The highest BCUT2D eigenvalue weighted by atomic mass is 32.1. The number of carboxylic acids is 1. The van der Waals surface area contributed by atoms with Crippen molar-refractivity contribution in [1.82, 2.24) is 15.4 Å². The zero-order chi connectivity index (χ0) is 32.4. The monoisotopic (exact) mass is 642 g/mol. The number of aryl methyl sites for hydroxylation is 1. The van der Waals surface area contributed by atoms with Gasteiger partial charge in [-0.15, -0.1) is 16.8 Å². The number of thiophene rings is 1. The Kier molecular flexibility index (Phi) is 9.33. The highest BCUT2D eigenvalue weighted by Gasteiger charge is 2.46. The van der Waals surface area contributed by atoms with Gasteiger partial charge in [0.25, 0.3) is 5.91 Å². The van der Waals surface area contributed by atoms with Crippen molar-refractivity contribution in [2.24, 2.45) is 5.73 Å². The molecule has 9 nitrogen and oxygen atoms in total. The molecule has 2 aromatic carbocycles. The van der Waals surface area contributed by atoms with E-state index in [-0.39, 0.29) is 17.9 Å². The summed E-state index contributed by atoms with van der Waals surface area (Å²) in [4.78, 5) is 43.6. The fourth-order valence-electron chi connectivity index (χ4n) is 5.30. The standard InChI is InChI=1S/C32H33F3N4O5S/c1-19-26(27-25(45-19)13-17-39(27)18-20-5-9-23(10-6-20)32(33,34)35)28(40)37-31(14-15-31)22-11-7-21(8-12-22)30(43)44-38-24(29(41)42)4-2-3-16-36/h5-13,17,24,38H,2-4,14-16,18,36H2,1H3,(H,37,40)(H,41,42)/t24-/m0/s1. The molecule has 1 aliphatic carbocycles. The van der Waals surface area contributed by atoms with Gasteiger partial charge in [-0.1, -0.05) is 24.3 Å². The second-order valence-electron chi connectivity index (χ2n) is 11.2. The Morgan fingerprint density at radius 2 is 1.76 bits per heavy atom. The average molecular weight is 643 g/mol. The molecule has 0 radical (unpaired) electrons. The van der Waals surface area contributed by atoms with Crippen molar-refractivity contribution in [1.29, 1.82) is 0 Å². The minimum Gasteiger partial charge on any atom is -0.480 e. The fourth-order valence-corrected chi connectivity index (χ4v) is 6.37. The Hall–Kier alpha value is -4.20. The van der Waals surface area contributed by atoms with Crippen molar-refractivity contribution in [3.63, 3.8) is 0 Å². The maximum atomic E-state index is 13.7. The van der Waals surface area contributed by atoms with Crippen LogP contribution in [0.3, 0.4) is 0 Å². The normalized spacial score (nSPS) is 14.7. The molecule has 5 rings (SSSR count). The summed E-state index contributed by atoms with van der Waals surface area (Å²) in [6, 6.07) is 12.5. The van der Waals surface area contributed by atoms with Crippen LogP contribution in [0.15, 0.2) is 60.8 Å². The third-order valence-electron chi connectivity index (χ3n) is 7.95. The molecule has 0 bridgehead atoms. The molecular formula is C32H33F3N4O5S. The molecule has 1 saturated carbocycles. The van der Waals surface area contributed by atoms with Crippen molar-refractivity contribution >= 4 is 39.4 Å². The van der Waals surface area contributed by atoms with Crippen molar-refractivity contribution in [3.05, 3.63) is 93.5 Å². The van der Waals surface area contributed by atoms with Gasteiger partial charge in [0.2, 0.25) is 0 Å². The molecule has 238 valence electrons. The lowest BCUT2D eigenvalue weighted by Crippen LogP contribution is -2.38. The number of hydrogen-bond acceptors (Lipinski definition) is 7. The smallest absolute Gasteiger partial charge is 0.416 e. The van der Waals surface area contributed by atoms with Crippen LogP contribution in [0.5, 0.6) is 0 Å². The molecule has 1 atom stereocenters. The van der Waals surface area contributed by atoms with Gasteiger partial charge in [-0.3, -0.25) is 9.59 Å².